The molecule has 0 radical (unpaired) electrons. The molecule has 8 bridgehead atoms. The van der Waals surface area contributed by atoms with E-state index in [2.05, 4.69) is 133 Å². The summed E-state index contributed by atoms with van der Waals surface area (Å²) in [4.78, 5) is 27.0. The fraction of sp³-hybridized carbons (Fsp3) is 0.0769. The molecule has 9 heterocycles. The summed E-state index contributed by atoms with van der Waals surface area (Å²) >= 11 is 7.12. The first-order valence-electron chi connectivity index (χ1n) is 15.4. The van der Waals surface area contributed by atoms with Crippen molar-refractivity contribution < 1.29 is 0 Å². The van der Waals surface area contributed by atoms with Crippen LogP contribution in [0.5, 0.6) is 0 Å². The zero-order valence-electron chi connectivity index (χ0n) is 25.8. The third-order valence-corrected chi connectivity index (χ3v) is 12.4. The summed E-state index contributed by atoms with van der Waals surface area (Å²) in [5, 5.41) is 2.13. The lowest BCUT2D eigenvalue weighted by Gasteiger charge is -2.04. The SMILES string of the molecule is Cc1ccc(-c2c3nc(c(-c4ccc(C)s4)c4ccc([nH]4)c(-c4ccc(C)s4)c4nc(c(-c5cccs5)c5ccc2[nH]5)C=C4)C=C3)s1. The van der Waals surface area contributed by atoms with E-state index in [1.165, 1.54) is 34.1 Å². The number of aryl methyl sites for hydroxylation is 3. The first-order chi connectivity index (χ1) is 23.0. The van der Waals surface area contributed by atoms with Gasteiger partial charge in [0.2, 0.25) is 0 Å². The summed E-state index contributed by atoms with van der Waals surface area (Å²) in [6.07, 6.45) is 8.67. The van der Waals surface area contributed by atoms with E-state index in [1.54, 1.807) is 45.3 Å². The maximum Gasteiger partial charge on any atom is 0.0745 e. The van der Waals surface area contributed by atoms with Gasteiger partial charge in [-0.3, -0.25) is 0 Å². The molecule has 7 aromatic heterocycles. The van der Waals surface area contributed by atoms with Gasteiger partial charge in [-0.05, 0) is 117 Å². The van der Waals surface area contributed by atoms with E-state index in [-0.39, 0.29) is 0 Å². The van der Waals surface area contributed by atoms with E-state index in [1.807, 2.05) is 0 Å². The number of fused-ring (bicyclic) bond motifs is 8. The maximum atomic E-state index is 5.38. The Kier molecular flexibility index (Phi) is 6.87. The Bertz CT molecular complexity index is 2520. The van der Waals surface area contributed by atoms with Crippen LogP contribution in [0.2, 0.25) is 0 Å². The minimum absolute atomic E-state index is 0.948. The van der Waals surface area contributed by atoms with Crippen LogP contribution in [0.15, 0.2) is 78.2 Å². The summed E-state index contributed by atoms with van der Waals surface area (Å²) in [5.74, 6) is 0. The largest absolute Gasteiger partial charge is 0.354 e. The molecule has 8 heteroatoms. The van der Waals surface area contributed by atoms with Crippen molar-refractivity contribution in [1.82, 2.24) is 19.9 Å². The number of hydrogen-bond donors (Lipinski definition) is 2. The number of rotatable bonds is 4. The van der Waals surface area contributed by atoms with Crippen LogP contribution in [-0.4, -0.2) is 19.9 Å². The summed E-state index contributed by atoms with van der Waals surface area (Å²) in [7, 11) is 0. The third kappa shape index (κ3) is 5.00. The van der Waals surface area contributed by atoms with Crippen molar-refractivity contribution in [3.8, 4) is 41.8 Å². The second-order valence-corrected chi connectivity index (χ2v) is 16.5. The second kappa shape index (κ2) is 11.3. The van der Waals surface area contributed by atoms with Gasteiger partial charge in [-0.1, -0.05) is 6.07 Å². The highest BCUT2D eigenvalue weighted by Gasteiger charge is 2.20. The number of aromatic nitrogens is 4. The van der Waals surface area contributed by atoms with Gasteiger partial charge in [0.1, 0.15) is 0 Å². The van der Waals surface area contributed by atoms with Crippen LogP contribution >= 0.6 is 45.3 Å². The van der Waals surface area contributed by atoms with E-state index in [0.717, 1.165) is 67.1 Å². The van der Waals surface area contributed by atoms with Crippen LogP contribution < -0.4 is 0 Å². The summed E-state index contributed by atoms with van der Waals surface area (Å²) in [6.45, 7) is 6.48. The standard InChI is InChI=1S/C39H28N4S4/c1-21-6-17-33(45-21)37-26-11-9-24(40-26)36(32-5-4-20-44-32)25-10-12-27(41-25)38(34-18-7-22(2)46-34)29-14-16-31(43-29)39(30-15-13-28(37)42-30)35-19-8-23(3)47-35/h4-20,40,43H,1-3H3. The molecule has 9 rings (SSSR count). The highest BCUT2D eigenvalue weighted by atomic mass is 32.1. The van der Waals surface area contributed by atoms with Gasteiger partial charge in [-0.15, -0.1) is 45.3 Å². The molecular formula is C39H28N4S4. The molecule has 2 aliphatic heterocycles. The fourth-order valence-corrected chi connectivity index (χ4v) is 9.97. The molecule has 47 heavy (non-hydrogen) atoms. The first-order valence-corrected chi connectivity index (χ1v) is 18.7. The van der Waals surface area contributed by atoms with Gasteiger partial charge in [0.25, 0.3) is 0 Å². The number of nitrogens with zero attached hydrogens (tertiary/aromatic N) is 2. The third-order valence-electron chi connectivity index (χ3n) is 8.48. The first kappa shape index (κ1) is 28.6. The topological polar surface area (TPSA) is 57.4 Å². The molecule has 0 fully saturated rings. The molecule has 0 amide bonds. The number of H-pyrrole nitrogens is 2. The highest BCUT2D eigenvalue weighted by molar-refractivity contribution is 7.16. The number of aromatic amines is 2. The fourth-order valence-electron chi connectivity index (χ4n) is 6.37. The van der Waals surface area contributed by atoms with E-state index in [9.17, 15) is 0 Å². The Hall–Kier alpha value is -4.60. The van der Waals surface area contributed by atoms with Crippen molar-refractivity contribution in [3.63, 3.8) is 0 Å². The van der Waals surface area contributed by atoms with E-state index >= 15 is 0 Å². The lowest BCUT2D eigenvalue weighted by molar-refractivity contribution is 1.32. The monoisotopic (exact) mass is 680 g/mol. The lowest BCUT2D eigenvalue weighted by atomic mass is 10.1. The molecule has 7 aromatic rings. The van der Waals surface area contributed by atoms with Gasteiger partial charge in [0.15, 0.2) is 0 Å². The van der Waals surface area contributed by atoms with Crippen molar-refractivity contribution in [3.05, 3.63) is 116 Å². The van der Waals surface area contributed by atoms with Gasteiger partial charge < -0.3 is 9.97 Å². The smallest absolute Gasteiger partial charge is 0.0745 e. The van der Waals surface area contributed by atoms with Gasteiger partial charge in [-0.25, -0.2) is 9.97 Å². The van der Waals surface area contributed by atoms with E-state index < -0.39 is 0 Å². The predicted octanol–water partition coefficient (Wildman–Crippen LogP) is 12.5. The van der Waals surface area contributed by atoms with Gasteiger partial charge in [-0.2, -0.15) is 0 Å². The van der Waals surface area contributed by atoms with Crippen LogP contribution in [0.4, 0.5) is 0 Å². The molecule has 228 valence electrons. The van der Waals surface area contributed by atoms with Crippen LogP contribution in [0.3, 0.4) is 0 Å². The Morgan fingerprint density at radius 1 is 0.426 bits per heavy atom. The van der Waals surface area contributed by atoms with Crippen LogP contribution in [0, 0.1) is 20.8 Å². The molecule has 0 saturated carbocycles. The van der Waals surface area contributed by atoms with E-state index in [4.69, 9.17) is 9.97 Å². The minimum atomic E-state index is 0.948. The molecule has 0 atom stereocenters. The van der Waals surface area contributed by atoms with Crippen molar-refractivity contribution in [2.45, 2.75) is 20.8 Å². The Labute approximate surface area is 288 Å². The van der Waals surface area contributed by atoms with Crippen molar-refractivity contribution in [2.75, 3.05) is 0 Å². The molecule has 0 aromatic carbocycles. The summed E-state index contributed by atoms with van der Waals surface area (Å²) in [5.41, 5.74) is 12.4. The molecule has 0 saturated heterocycles. The molecule has 0 unspecified atom stereocenters. The highest BCUT2D eigenvalue weighted by Crippen LogP contribution is 2.42. The van der Waals surface area contributed by atoms with Gasteiger partial charge in [0.05, 0.1) is 22.8 Å². The number of hydrogen-bond acceptors (Lipinski definition) is 6. The second-order valence-electron chi connectivity index (χ2n) is 11.7. The van der Waals surface area contributed by atoms with Crippen molar-refractivity contribution >= 4 is 91.7 Å². The minimum Gasteiger partial charge on any atom is -0.354 e. The molecule has 0 aliphatic carbocycles. The molecule has 4 nitrogen and oxygen atoms in total. The van der Waals surface area contributed by atoms with Crippen molar-refractivity contribution in [1.29, 1.82) is 0 Å². The van der Waals surface area contributed by atoms with Crippen LogP contribution in [0.1, 0.15) is 37.4 Å². The van der Waals surface area contributed by atoms with Crippen molar-refractivity contribution in [2.24, 2.45) is 0 Å². The van der Waals surface area contributed by atoms with Crippen LogP contribution in [-0.2, 0) is 0 Å². The number of thiophene rings is 4. The zero-order chi connectivity index (χ0) is 31.6. The normalized spacial score (nSPS) is 12.4. The molecular weight excluding hydrogens is 653 g/mol. The summed E-state index contributed by atoms with van der Waals surface area (Å²) in [6, 6.07) is 26.3. The Morgan fingerprint density at radius 2 is 0.787 bits per heavy atom. The van der Waals surface area contributed by atoms with Crippen LogP contribution in [0.25, 0.3) is 88.1 Å². The van der Waals surface area contributed by atoms with Gasteiger partial charge in [0, 0.05) is 78.5 Å². The molecule has 2 N–H and O–H groups in total. The quantitative estimate of drug-likeness (QED) is 0.194. The summed E-state index contributed by atoms with van der Waals surface area (Å²) < 4.78 is 0. The predicted molar refractivity (Wildman–Crippen MR) is 206 cm³/mol. The Balaban J connectivity index is 1.48. The van der Waals surface area contributed by atoms with E-state index in [0.29, 0.717) is 0 Å². The van der Waals surface area contributed by atoms with Gasteiger partial charge >= 0.3 is 0 Å². The lowest BCUT2D eigenvalue weighted by Crippen LogP contribution is -1.87. The average Bonchev–Trinajstić information content (AvgIpc) is 3.89. The maximum absolute atomic E-state index is 5.38. The average molecular weight is 681 g/mol. The molecule has 0 spiro atoms. The number of nitrogens with one attached hydrogen (secondary N) is 2. The molecule has 2 aliphatic rings. The zero-order valence-corrected chi connectivity index (χ0v) is 29.1. The Morgan fingerprint density at radius 3 is 1.09 bits per heavy atom.